The van der Waals surface area contributed by atoms with Crippen molar-refractivity contribution in [3.05, 3.63) is 30.3 Å². The molecule has 3 rings (SSSR count). The highest BCUT2D eigenvalue weighted by Crippen LogP contribution is 2.15. The Bertz CT molecular complexity index is 394. The fourth-order valence-electron chi connectivity index (χ4n) is 3.09. The molecule has 2 aliphatic heterocycles. The van der Waals surface area contributed by atoms with Gasteiger partial charge in [0, 0.05) is 71.1 Å². The average molecular weight is 384 g/mol. The van der Waals surface area contributed by atoms with Crippen LogP contribution < -0.4 is 10.2 Å². The third kappa shape index (κ3) is 7.04. The molecule has 2 fully saturated rings. The van der Waals surface area contributed by atoms with Crippen LogP contribution in [0, 0.1) is 0 Å². The highest BCUT2D eigenvalue weighted by molar-refractivity contribution is 5.86. The number of hydrogen-bond donors (Lipinski definition) is 1. The molecule has 0 radical (unpaired) electrons. The summed E-state index contributed by atoms with van der Waals surface area (Å²) in [5.74, 6) is 0. The first-order valence-corrected chi connectivity index (χ1v) is 7.87. The molecule has 23 heavy (non-hydrogen) atoms. The Balaban J connectivity index is 0.00000161. The molecule has 1 N–H and O–H groups in total. The summed E-state index contributed by atoms with van der Waals surface area (Å²) in [6.45, 7) is 11.9. The van der Waals surface area contributed by atoms with Gasteiger partial charge in [-0.2, -0.15) is 0 Å². The van der Waals surface area contributed by atoms with Crippen LogP contribution in [0.1, 0.15) is 0 Å². The molecule has 0 amide bonds. The zero-order valence-corrected chi connectivity index (χ0v) is 16.0. The number of piperazine rings is 2. The Morgan fingerprint density at radius 1 is 0.696 bits per heavy atom. The van der Waals surface area contributed by atoms with E-state index >= 15 is 0 Å². The highest BCUT2D eigenvalue weighted by Gasteiger charge is 2.18. The lowest BCUT2D eigenvalue weighted by molar-refractivity contribution is 0.183. The number of benzene rings is 1. The minimum atomic E-state index is 0. The first-order chi connectivity index (χ1) is 9.92. The zero-order chi connectivity index (χ0) is 13.6. The quantitative estimate of drug-likeness (QED) is 0.858. The van der Waals surface area contributed by atoms with Crippen LogP contribution in [0.25, 0.3) is 0 Å². The van der Waals surface area contributed by atoms with Crippen LogP contribution in [0.4, 0.5) is 5.69 Å². The third-order valence-corrected chi connectivity index (χ3v) is 4.44. The van der Waals surface area contributed by atoms with E-state index in [-0.39, 0.29) is 37.2 Å². The molecule has 1 aromatic rings. The Morgan fingerprint density at radius 3 is 1.78 bits per heavy atom. The molecule has 7 heteroatoms. The largest absolute Gasteiger partial charge is 0.369 e. The van der Waals surface area contributed by atoms with Gasteiger partial charge in [-0.15, -0.1) is 37.2 Å². The van der Waals surface area contributed by atoms with Crippen molar-refractivity contribution in [2.75, 3.05) is 70.3 Å². The molecular weight excluding hydrogens is 355 g/mol. The Labute approximate surface area is 158 Å². The molecule has 2 aliphatic rings. The van der Waals surface area contributed by atoms with Crippen molar-refractivity contribution < 1.29 is 0 Å². The summed E-state index contributed by atoms with van der Waals surface area (Å²) in [6, 6.07) is 10.8. The van der Waals surface area contributed by atoms with E-state index in [1.807, 2.05) is 0 Å². The average Bonchev–Trinajstić information content (AvgIpc) is 2.55. The van der Waals surface area contributed by atoms with Crippen LogP contribution >= 0.6 is 37.2 Å². The van der Waals surface area contributed by atoms with E-state index in [9.17, 15) is 0 Å². The van der Waals surface area contributed by atoms with E-state index in [0.29, 0.717) is 0 Å². The minimum absolute atomic E-state index is 0. The molecule has 1 aromatic carbocycles. The van der Waals surface area contributed by atoms with Crippen LogP contribution in [0.5, 0.6) is 0 Å². The number of rotatable bonds is 4. The van der Waals surface area contributed by atoms with Gasteiger partial charge in [0.2, 0.25) is 0 Å². The second-order valence-electron chi connectivity index (χ2n) is 5.76. The maximum absolute atomic E-state index is 3.41. The lowest BCUT2D eigenvalue weighted by Gasteiger charge is -2.37. The van der Waals surface area contributed by atoms with E-state index in [1.165, 1.54) is 45.0 Å². The van der Waals surface area contributed by atoms with Crippen LogP contribution in [0.15, 0.2) is 30.3 Å². The summed E-state index contributed by atoms with van der Waals surface area (Å²) in [6.07, 6.45) is 0. The molecule has 0 saturated carbocycles. The molecule has 0 bridgehead atoms. The highest BCUT2D eigenvalue weighted by atomic mass is 35.5. The number of nitrogens with one attached hydrogen (secondary N) is 1. The van der Waals surface area contributed by atoms with Gasteiger partial charge in [0.05, 0.1) is 0 Å². The van der Waals surface area contributed by atoms with Gasteiger partial charge in [-0.25, -0.2) is 0 Å². The van der Waals surface area contributed by atoms with Crippen molar-refractivity contribution in [2.24, 2.45) is 0 Å². The third-order valence-electron chi connectivity index (χ3n) is 4.44. The predicted octanol–water partition coefficient (Wildman–Crippen LogP) is 1.98. The fourth-order valence-corrected chi connectivity index (χ4v) is 3.09. The van der Waals surface area contributed by atoms with Gasteiger partial charge in [0.15, 0.2) is 0 Å². The van der Waals surface area contributed by atoms with Crippen molar-refractivity contribution in [3.63, 3.8) is 0 Å². The Hall–Kier alpha value is -0.230. The zero-order valence-electron chi connectivity index (χ0n) is 13.5. The van der Waals surface area contributed by atoms with E-state index < -0.39 is 0 Å². The van der Waals surface area contributed by atoms with Crippen molar-refractivity contribution in [3.8, 4) is 0 Å². The van der Waals surface area contributed by atoms with E-state index in [0.717, 1.165) is 26.2 Å². The SMILES string of the molecule is Cl.Cl.Cl.c1ccc(N2CCN(CCN3CCNCC3)CC2)cc1. The summed E-state index contributed by atoms with van der Waals surface area (Å²) in [5.41, 5.74) is 1.37. The summed E-state index contributed by atoms with van der Waals surface area (Å²) in [5, 5.41) is 3.41. The number of para-hydroxylation sites is 1. The number of halogens is 3. The van der Waals surface area contributed by atoms with Gasteiger partial charge in [-0.1, -0.05) is 18.2 Å². The Morgan fingerprint density at radius 2 is 1.22 bits per heavy atom. The number of hydrogen-bond acceptors (Lipinski definition) is 4. The summed E-state index contributed by atoms with van der Waals surface area (Å²) in [4.78, 5) is 7.70. The van der Waals surface area contributed by atoms with Crippen molar-refractivity contribution in [2.45, 2.75) is 0 Å². The molecule has 0 atom stereocenters. The Kier molecular flexibility index (Phi) is 12.1. The normalized spacial score (nSPS) is 19.2. The molecule has 134 valence electrons. The second-order valence-corrected chi connectivity index (χ2v) is 5.76. The van der Waals surface area contributed by atoms with Crippen LogP contribution in [0.3, 0.4) is 0 Å². The van der Waals surface area contributed by atoms with Crippen LogP contribution in [0.2, 0.25) is 0 Å². The molecule has 0 spiro atoms. The van der Waals surface area contributed by atoms with Gasteiger partial charge in [0.1, 0.15) is 0 Å². The van der Waals surface area contributed by atoms with E-state index in [1.54, 1.807) is 0 Å². The number of nitrogens with zero attached hydrogens (tertiary/aromatic N) is 3. The number of anilines is 1. The maximum Gasteiger partial charge on any atom is 0.0367 e. The first-order valence-electron chi connectivity index (χ1n) is 7.87. The van der Waals surface area contributed by atoms with Crippen LogP contribution in [-0.2, 0) is 0 Å². The summed E-state index contributed by atoms with van der Waals surface area (Å²) >= 11 is 0. The first kappa shape index (κ1) is 22.8. The predicted molar refractivity (Wildman–Crippen MR) is 106 cm³/mol. The van der Waals surface area contributed by atoms with Gasteiger partial charge >= 0.3 is 0 Å². The van der Waals surface area contributed by atoms with Gasteiger partial charge < -0.3 is 10.2 Å². The van der Waals surface area contributed by atoms with Crippen molar-refractivity contribution >= 4 is 42.9 Å². The molecule has 4 nitrogen and oxygen atoms in total. The smallest absolute Gasteiger partial charge is 0.0367 e. The lowest BCUT2D eigenvalue weighted by Crippen LogP contribution is -2.50. The van der Waals surface area contributed by atoms with E-state index in [4.69, 9.17) is 0 Å². The molecule has 2 heterocycles. The fraction of sp³-hybridized carbons (Fsp3) is 0.625. The monoisotopic (exact) mass is 382 g/mol. The van der Waals surface area contributed by atoms with E-state index in [2.05, 4.69) is 50.3 Å². The summed E-state index contributed by atoms with van der Waals surface area (Å²) < 4.78 is 0. The topological polar surface area (TPSA) is 21.8 Å². The van der Waals surface area contributed by atoms with Gasteiger partial charge in [-0.05, 0) is 12.1 Å². The van der Waals surface area contributed by atoms with Gasteiger partial charge in [-0.3, -0.25) is 9.80 Å². The lowest BCUT2D eigenvalue weighted by atomic mass is 10.2. The molecule has 0 aliphatic carbocycles. The summed E-state index contributed by atoms with van der Waals surface area (Å²) in [7, 11) is 0. The van der Waals surface area contributed by atoms with Crippen molar-refractivity contribution in [1.82, 2.24) is 15.1 Å². The molecule has 0 unspecified atom stereocenters. The second kappa shape index (κ2) is 12.2. The maximum atomic E-state index is 3.41. The molecule has 0 aromatic heterocycles. The van der Waals surface area contributed by atoms with Crippen LogP contribution in [-0.4, -0.2) is 75.2 Å². The standard InChI is InChI=1S/C16H26N4.3ClH/c1-2-4-16(5-3-1)20-14-12-19(13-15-20)11-10-18-8-6-17-7-9-18;;;/h1-5,17H,6-15H2;3*1H. The van der Waals surface area contributed by atoms with Gasteiger partial charge in [0.25, 0.3) is 0 Å². The minimum Gasteiger partial charge on any atom is -0.369 e. The molecule has 2 saturated heterocycles. The molecular formula is C16H29Cl3N4. The van der Waals surface area contributed by atoms with Crippen molar-refractivity contribution in [1.29, 1.82) is 0 Å².